The SMILES string of the molecule is CCC(=O)C(=O)CCC(F)(F)F. The van der Waals surface area contributed by atoms with Crippen LogP contribution in [0.15, 0.2) is 0 Å². The van der Waals surface area contributed by atoms with Crippen LogP contribution in [-0.2, 0) is 9.59 Å². The number of alkyl halides is 3. The summed E-state index contributed by atoms with van der Waals surface area (Å²) in [7, 11) is 0. The fraction of sp³-hybridized carbons (Fsp3) is 0.714. The number of carbonyl (C=O) groups excluding carboxylic acids is 2. The molecule has 5 heteroatoms. The first kappa shape index (κ1) is 11.1. The molecule has 0 atom stereocenters. The maximum absolute atomic E-state index is 11.5. The van der Waals surface area contributed by atoms with E-state index in [2.05, 4.69) is 0 Å². The lowest BCUT2D eigenvalue weighted by atomic mass is 10.1. The minimum absolute atomic E-state index is 0.0311. The van der Waals surface area contributed by atoms with Crippen molar-refractivity contribution < 1.29 is 22.8 Å². The summed E-state index contributed by atoms with van der Waals surface area (Å²) >= 11 is 0. The predicted molar refractivity (Wildman–Crippen MR) is 35.6 cm³/mol. The maximum Gasteiger partial charge on any atom is 0.389 e. The van der Waals surface area contributed by atoms with Gasteiger partial charge in [-0.3, -0.25) is 9.59 Å². The van der Waals surface area contributed by atoms with Crippen LogP contribution in [0.25, 0.3) is 0 Å². The molecular weight excluding hydrogens is 173 g/mol. The number of rotatable bonds is 4. The molecule has 2 nitrogen and oxygen atoms in total. The lowest BCUT2D eigenvalue weighted by Crippen LogP contribution is -2.16. The predicted octanol–water partition coefficient (Wildman–Crippen LogP) is 1.88. The first-order chi connectivity index (χ1) is 5.37. The summed E-state index contributed by atoms with van der Waals surface area (Å²) in [6.07, 6.45) is -6.33. The second-order valence-electron chi connectivity index (χ2n) is 2.32. The molecule has 0 saturated carbocycles. The fourth-order valence-corrected chi connectivity index (χ4v) is 0.592. The normalized spacial score (nSPS) is 11.3. The molecule has 0 fully saturated rings. The van der Waals surface area contributed by atoms with Crippen LogP contribution >= 0.6 is 0 Å². The van der Waals surface area contributed by atoms with Gasteiger partial charge in [0.1, 0.15) is 0 Å². The van der Waals surface area contributed by atoms with Gasteiger partial charge in [0.2, 0.25) is 0 Å². The summed E-state index contributed by atoms with van der Waals surface area (Å²) in [6, 6.07) is 0. The van der Waals surface area contributed by atoms with E-state index in [4.69, 9.17) is 0 Å². The Labute approximate surface area is 67.7 Å². The zero-order valence-electron chi connectivity index (χ0n) is 6.57. The smallest absolute Gasteiger partial charge is 0.291 e. The molecule has 70 valence electrons. The third-order valence-electron chi connectivity index (χ3n) is 1.27. The Bertz CT molecular complexity index is 184. The zero-order chi connectivity index (χ0) is 9.78. The number of ketones is 2. The van der Waals surface area contributed by atoms with Crippen LogP contribution in [0, 0.1) is 0 Å². The van der Waals surface area contributed by atoms with Crippen molar-refractivity contribution in [3.8, 4) is 0 Å². The van der Waals surface area contributed by atoms with Gasteiger partial charge in [-0.1, -0.05) is 6.92 Å². The molecule has 0 aliphatic carbocycles. The van der Waals surface area contributed by atoms with Crippen LogP contribution in [-0.4, -0.2) is 17.7 Å². The Morgan fingerprint density at radius 2 is 1.67 bits per heavy atom. The molecule has 0 spiro atoms. The molecule has 0 aliphatic heterocycles. The Balaban J connectivity index is 3.80. The fourth-order valence-electron chi connectivity index (χ4n) is 0.592. The molecule has 0 amide bonds. The summed E-state index contributed by atoms with van der Waals surface area (Å²) in [6.45, 7) is 1.44. The van der Waals surface area contributed by atoms with Gasteiger partial charge < -0.3 is 0 Å². The van der Waals surface area contributed by atoms with E-state index in [1.807, 2.05) is 0 Å². The van der Waals surface area contributed by atoms with Gasteiger partial charge in [-0.25, -0.2) is 0 Å². The van der Waals surface area contributed by atoms with Crippen molar-refractivity contribution in [1.82, 2.24) is 0 Å². The van der Waals surface area contributed by atoms with Gasteiger partial charge in [0, 0.05) is 12.8 Å². The van der Waals surface area contributed by atoms with Gasteiger partial charge in [0.25, 0.3) is 0 Å². The number of Topliss-reactive ketones (excluding diaryl/α,β-unsaturated/α-hetero) is 2. The van der Waals surface area contributed by atoms with Crippen molar-refractivity contribution >= 4 is 11.6 Å². The average Bonchev–Trinajstić information content (AvgIpc) is 1.97. The quantitative estimate of drug-likeness (QED) is 0.622. The standard InChI is InChI=1S/C7H9F3O2/c1-2-5(11)6(12)3-4-7(8,9)10/h2-4H2,1H3. The van der Waals surface area contributed by atoms with Gasteiger partial charge in [-0.2, -0.15) is 13.2 Å². The van der Waals surface area contributed by atoms with E-state index in [0.29, 0.717) is 0 Å². The summed E-state index contributed by atoms with van der Waals surface area (Å²) in [5.74, 6) is -1.67. The molecule has 0 aromatic heterocycles. The van der Waals surface area contributed by atoms with Crippen LogP contribution in [0.5, 0.6) is 0 Å². The van der Waals surface area contributed by atoms with Gasteiger partial charge in [-0.05, 0) is 0 Å². The molecule has 12 heavy (non-hydrogen) atoms. The second kappa shape index (κ2) is 4.23. The Hall–Kier alpha value is -0.870. The highest BCUT2D eigenvalue weighted by Crippen LogP contribution is 2.21. The molecule has 0 radical (unpaired) electrons. The second-order valence-corrected chi connectivity index (χ2v) is 2.32. The average molecular weight is 182 g/mol. The molecule has 0 bridgehead atoms. The van der Waals surface area contributed by atoms with Crippen molar-refractivity contribution in [2.24, 2.45) is 0 Å². The first-order valence-electron chi connectivity index (χ1n) is 3.49. The number of carbonyl (C=O) groups is 2. The van der Waals surface area contributed by atoms with Crippen LogP contribution in [0.2, 0.25) is 0 Å². The first-order valence-corrected chi connectivity index (χ1v) is 3.49. The molecule has 0 aromatic carbocycles. The molecule has 0 rings (SSSR count). The van der Waals surface area contributed by atoms with Gasteiger partial charge in [0.05, 0.1) is 6.42 Å². The van der Waals surface area contributed by atoms with E-state index in [0.717, 1.165) is 0 Å². The highest BCUT2D eigenvalue weighted by atomic mass is 19.4. The van der Waals surface area contributed by atoms with E-state index in [1.165, 1.54) is 6.92 Å². The van der Waals surface area contributed by atoms with Crippen LogP contribution in [0.3, 0.4) is 0 Å². The molecule has 0 heterocycles. The van der Waals surface area contributed by atoms with E-state index in [1.54, 1.807) is 0 Å². The summed E-state index contributed by atoms with van der Waals surface area (Å²) in [4.78, 5) is 21.1. The third kappa shape index (κ3) is 4.87. The van der Waals surface area contributed by atoms with Crippen LogP contribution in [0.1, 0.15) is 26.2 Å². The van der Waals surface area contributed by atoms with Crippen molar-refractivity contribution in [2.75, 3.05) is 0 Å². The maximum atomic E-state index is 11.5. The van der Waals surface area contributed by atoms with Crippen molar-refractivity contribution in [1.29, 1.82) is 0 Å². The van der Waals surface area contributed by atoms with Gasteiger partial charge >= 0.3 is 6.18 Å². The van der Waals surface area contributed by atoms with Crippen LogP contribution < -0.4 is 0 Å². The number of hydrogen-bond donors (Lipinski definition) is 0. The molecule has 0 saturated heterocycles. The topological polar surface area (TPSA) is 34.1 Å². The van der Waals surface area contributed by atoms with E-state index >= 15 is 0 Å². The highest BCUT2D eigenvalue weighted by molar-refractivity contribution is 6.37. The Morgan fingerprint density at radius 3 is 2.00 bits per heavy atom. The third-order valence-corrected chi connectivity index (χ3v) is 1.27. The molecular formula is C7H9F3O2. The lowest BCUT2D eigenvalue weighted by molar-refractivity contribution is -0.147. The molecule has 0 N–H and O–H groups in total. The van der Waals surface area contributed by atoms with Crippen molar-refractivity contribution in [3.63, 3.8) is 0 Å². The summed E-state index contributed by atoms with van der Waals surface area (Å²) in [5, 5.41) is 0. The minimum Gasteiger partial charge on any atom is -0.291 e. The molecule has 0 unspecified atom stereocenters. The van der Waals surface area contributed by atoms with Crippen molar-refractivity contribution in [2.45, 2.75) is 32.4 Å². The molecule has 0 aromatic rings. The number of hydrogen-bond acceptors (Lipinski definition) is 2. The van der Waals surface area contributed by atoms with Gasteiger partial charge in [-0.15, -0.1) is 0 Å². The zero-order valence-corrected chi connectivity index (χ0v) is 6.57. The van der Waals surface area contributed by atoms with E-state index < -0.39 is 30.6 Å². The van der Waals surface area contributed by atoms with Crippen LogP contribution in [0.4, 0.5) is 13.2 Å². The minimum atomic E-state index is -4.36. The summed E-state index contributed by atoms with van der Waals surface area (Å²) < 4.78 is 34.6. The summed E-state index contributed by atoms with van der Waals surface area (Å²) in [5.41, 5.74) is 0. The lowest BCUT2D eigenvalue weighted by Gasteiger charge is -2.03. The van der Waals surface area contributed by atoms with Gasteiger partial charge in [0.15, 0.2) is 11.6 Å². The van der Waals surface area contributed by atoms with Crippen molar-refractivity contribution in [3.05, 3.63) is 0 Å². The number of halogens is 3. The molecule has 0 aliphatic rings. The highest BCUT2D eigenvalue weighted by Gasteiger charge is 2.28. The van der Waals surface area contributed by atoms with E-state index in [-0.39, 0.29) is 6.42 Å². The largest absolute Gasteiger partial charge is 0.389 e. The van der Waals surface area contributed by atoms with E-state index in [9.17, 15) is 22.8 Å². The Morgan fingerprint density at radius 1 is 1.17 bits per heavy atom. The monoisotopic (exact) mass is 182 g/mol. The Kier molecular flexibility index (Phi) is 3.92.